The average Bonchev–Trinajstić information content (AvgIpc) is 2.93. The second-order valence-corrected chi connectivity index (χ2v) is 5.30. The second kappa shape index (κ2) is 4.42. The molecule has 1 saturated heterocycles. The largest absolute Gasteiger partial charge is 0.393 e. The van der Waals surface area contributed by atoms with Crippen molar-refractivity contribution >= 4 is 0 Å². The third-order valence-corrected chi connectivity index (χ3v) is 4.14. The predicted molar refractivity (Wildman–Crippen MR) is 66.0 cm³/mol. The summed E-state index contributed by atoms with van der Waals surface area (Å²) in [5, 5.41) is 9.65. The summed E-state index contributed by atoms with van der Waals surface area (Å²) in [5.41, 5.74) is 1.24. The Balaban J connectivity index is 1.76. The molecule has 0 saturated carbocycles. The number of aliphatic hydroxyl groups is 1. The smallest absolute Gasteiger partial charge is 0.111 e. The van der Waals surface area contributed by atoms with E-state index < -0.39 is 0 Å². The van der Waals surface area contributed by atoms with Crippen LogP contribution in [0.1, 0.15) is 37.2 Å². The first kappa shape index (κ1) is 11.2. The van der Waals surface area contributed by atoms with Gasteiger partial charge in [-0.15, -0.1) is 0 Å². The van der Waals surface area contributed by atoms with Crippen LogP contribution in [0.15, 0.2) is 6.20 Å². The normalized spacial score (nSPS) is 29.5. The molecule has 1 aromatic rings. The minimum atomic E-state index is -0.187. The number of imidazole rings is 1. The van der Waals surface area contributed by atoms with Gasteiger partial charge in [-0.2, -0.15) is 0 Å². The minimum Gasteiger partial charge on any atom is -0.393 e. The molecular weight excluding hydrogens is 214 g/mol. The molecule has 2 atom stereocenters. The summed E-state index contributed by atoms with van der Waals surface area (Å²) in [7, 11) is 0. The molecule has 4 nitrogen and oxygen atoms in total. The molecule has 0 spiro atoms. The van der Waals surface area contributed by atoms with Gasteiger partial charge in [0.2, 0.25) is 0 Å². The number of likely N-dealkylation sites (N-methyl/N-ethyl adjacent to an activating group) is 1. The van der Waals surface area contributed by atoms with Crippen molar-refractivity contribution in [2.45, 2.75) is 44.8 Å². The van der Waals surface area contributed by atoms with Crippen molar-refractivity contribution in [3.8, 4) is 0 Å². The highest BCUT2D eigenvalue weighted by molar-refractivity contribution is 5.14. The molecule has 0 bridgehead atoms. The molecule has 2 aliphatic rings. The average molecular weight is 235 g/mol. The number of fused-ring (bicyclic) bond motifs is 1. The van der Waals surface area contributed by atoms with Crippen molar-refractivity contribution in [2.24, 2.45) is 0 Å². The molecule has 0 amide bonds. The van der Waals surface area contributed by atoms with Crippen LogP contribution in [0.4, 0.5) is 0 Å². The third kappa shape index (κ3) is 2.11. The van der Waals surface area contributed by atoms with E-state index in [1.807, 2.05) is 0 Å². The Labute approximate surface area is 102 Å². The summed E-state index contributed by atoms with van der Waals surface area (Å²) in [6.45, 7) is 6.63. The van der Waals surface area contributed by atoms with Gasteiger partial charge in [0.05, 0.1) is 11.8 Å². The number of aliphatic hydroxyl groups excluding tert-OH is 1. The Morgan fingerprint density at radius 2 is 2.29 bits per heavy atom. The Morgan fingerprint density at radius 1 is 1.41 bits per heavy atom. The zero-order valence-electron chi connectivity index (χ0n) is 10.5. The van der Waals surface area contributed by atoms with Gasteiger partial charge >= 0.3 is 0 Å². The van der Waals surface area contributed by atoms with E-state index in [-0.39, 0.29) is 6.10 Å². The van der Waals surface area contributed by atoms with Crippen LogP contribution in [0, 0.1) is 0 Å². The fraction of sp³-hybridized carbons (Fsp3) is 0.769. The van der Waals surface area contributed by atoms with E-state index in [9.17, 15) is 5.11 Å². The molecule has 4 heteroatoms. The first-order valence-corrected chi connectivity index (χ1v) is 6.72. The molecule has 17 heavy (non-hydrogen) atoms. The number of hydrogen-bond acceptors (Lipinski definition) is 3. The summed E-state index contributed by atoms with van der Waals surface area (Å²) in [4.78, 5) is 7.21. The van der Waals surface area contributed by atoms with Gasteiger partial charge in [-0.3, -0.25) is 0 Å². The van der Waals surface area contributed by atoms with E-state index in [0.29, 0.717) is 5.92 Å². The second-order valence-electron chi connectivity index (χ2n) is 5.30. The van der Waals surface area contributed by atoms with E-state index in [2.05, 4.69) is 22.6 Å². The van der Waals surface area contributed by atoms with Gasteiger partial charge in [0.25, 0.3) is 0 Å². The summed E-state index contributed by atoms with van der Waals surface area (Å²) in [5.74, 6) is 1.68. The van der Waals surface area contributed by atoms with E-state index in [1.165, 1.54) is 18.7 Å². The zero-order chi connectivity index (χ0) is 11.8. The maximum absolute atomic E-state index is 9.65. The topological polar surface area (TPSA) is 41.3 Å². The predicted octanol–water partition coefficient (Wildman–Crippen LogP) is 0.999. The van der Waals surface area contributed by atoms with Crippen molar-refractivity contribution < 1.29 is 5.11 Å². The lowest BCUT2D eigenvalue weighted by atomic mass is 10.1. The van der Waals surface area contributed by atoms with E-state index in [1.54, 1.807) is 0 Å². The SMILES string of the molecule is CCN1CCC(c2cn3c(n2)CC(O)CC3)C1. The van der Waals surface area contributed by atoms with Gasteiger partial charge in [0.15, 0.2) is 0 Å². The Kier molecular flexibility index (Phi) is 2.92. The number of likely N-dealkylation sites (tertiary alicyclic amines) is 1. The molecule has 3 heterocycles. The molecule has 2 aliphatic heterocycles. The van der Waals surface area contributed by atoms with Gasteiger partial charge in [0, 0.05) is 31.6 Å². The summed E-state index contributed by atoms with van der Waals surface area (Å²) in [6.07, 6.45) is 4.85. The fourth-order valence-corrected chi connectivity index (χ4v) is 2.99. The van der Waals surface area contributed by atoms with Gasteiger partial charge < -0.3 is 14.6 Å². The molecule has 2 unspecified atom stereocenters. The van der Waals surface area contributed by atoms with Gasteiger partial charge in [-0.1, -0.05) is 6.92 Å². The first-order chi connectivity index (χ1) is 8.26. The molecular formula is C13H21N3O. The van der Waals surface area contributed by atoms with Gasteiger partial charge in [-0.05, 0) is 25.9 Å². The Morgan fingerprint density at radius 3 is 3.06 bits per heavy atom. The van der Waals surface area contributed by atoms with Crippen LogP contribution in [0.25, 0.3) is 0 Å². The van der Waals surface area contributed by atoms with Crippen molar-refractivity contribution in [1.29, 1.82) is 0 Å². The number of hydrogen-bond donors (Lipinski definition) is 1. The van der Waals surface area contributed by atoms with E-state index in [4.69, 9.17) is 4.98 Å². The third-order valence-electron chi connectivity index (χ3n) is 4.14. The molecule has 94 valence electrons. The molecule has 0 radical (unpaired) electrons. The fourth-order valence-electron chi connectivity index (χ4n) is 2.99. The molecule has 0 aromatic carbocycles. The van der Waals surface area contributed by atoms with Crippen LogP contribution in [0.3, 0.4) is 0 Å². The molecule has 1 fully saturated rings. The maximum atomic E-state index is 9.65. The van der Waals surface area contributed by atoms with Crippen molar-refractivity contribution in [1.82, 2.24) is 14.5 Å². The van der Waals surface area contributed by atoms with Crippen LogP contribution in [0.5, 0.6) is 0 Å². The quantitative estimate of drug-likeness (QED) is 0.831. The van der Waals surface area contributed by atoms with E-state index in [0.717, 1.165) is 38.3 Å². The lowest BCUT2D eigenvalue weighted by Crippen LogP contribution is -2.22. The Bertz CT molecular complexity index is 401. The molecule has 0 aliphatic carbocycles. The first-order valence-electron chi connectivity index (χ1n) is 6.72. The lowest BCUT2D eigenvalue weighted by Gasteiger charge is -2.18. The summed E-state index contributed by atoms with van der Waals surface area (Å²) >= 11 is 0. The highest BCUT2D eigenvalue weighted by Gasteiger charge is 2.27. The minimum absolute atomic E-state index is 0.187. The Hall–Kier alpha value is -0.870. The van der Waals surface area contributed by atoms with Crippen LogP contribution in [-0.4, -0.2) is 45.3 Å². The van der Waals surface area contributed by atoms with Crippen LogP contribution in [0.2, 0.25) is 0 Å². The number of rotatable bonds is 2. The van der Waals surface area contributed by atoms with Gasteiger partial charge in [0.1, 0.15) is 5.82 Å². The molecule has 3 rings (SSSR count). The summed E-state index contributed by atoms with van der Waals surface area (Å²) < 4.78 is 2.23. The van der Waals surface area contributed by atoms with Crippen molar-refractivity contribution in [2.75, 3.05) is 19.6 Å². The number of nitrogens with zero attached hydrogens (tertiary/aromatic N) is 3. The zero-order valence-corrected chi connectivity index (χ0v) is 10.5. The molecule has 1 aromatic heterocycles. The molecule has 1 N–H and O–H groups in total. The van der Waals surface area contributed by atoms with Crippen LogP contribution in [-0.2, 0) is 13.0 Å². The lowest BCUT2D eigenvalue weighted by molar-refractivity contribution is 0.141. The standard InChI is InChI=1S/C13H21N3O/c1-2-15-5-3-10(8-15)12-9-16-6-4-11(17)7-13(16)14-12/h9-11,17H,2-8H2,1H3. The van der Waals surface area contributed by atoms with Crippen LogP contribution >= 0.6 is 0 Å². The van der Waals surface area contributed by atoms with Crippen molar-refractivity contribution in [3.05, 3.63) is 17.7 Å². The van der Waals surface area contributed by atoms with Crippen molar-refractivity contribution in [3.63, 3.8) is 0 Å². The van der Waals surface area contributed by atoms with E-state index >= 15 is 0 Å². The van der Waals surface area contributed by atoms with Crippen LogP contribution < -0.4 is 0 Å². The summed E-state index contributed by atoms with van der Waals surface area (Å²) in [6, 6.07) is 0. The monoisotopic (exact) mass is 235 g/mol. The maximum Gasteiger partial charge on any atom is 0.111 e. The number of aromatic nitrogens is 2. The highest BCUT2D eigenvalue weighted by atomic mass is 16.3. The number of aryl methyl sites for hydroxylation is 1. The highest BCUT2D eigenvalue weighted by Crippen LogP contribution is 2.27. The van der Waals surface area contributed by atoms with Gasteiger partial charge in [-0.25, -0.2) is 4.98 Å².